The molecule has 1 saturated heterocycles. The van der Waals surface area contributed by atoms with Gasteiger partial charge in [-0.1, -0.05) is 0 Å². The standard InChI is InChI=1S/C21H17F2N3O6/c1-10(27)12-6-16-17(32-9-31-16)7-15(12)24-18(28)8-26-19(29)21(2,25-20(26)30)13-5-11(22)3-4-14(13)23/h3-7H,8-9H2,1-2H3,(H,24,28)(H,25,30)/t21-/m1/s1. The van der Waals surface area contributed by atoms with Gasteiger partial charge in [-0.05, 0) is 38.1 Å². The van der Waals surface area contributed by atoms with Gasteiger partial charge in [-0.3, -0.25) is 19.3 Å². The molecule has 0 radical (unpaired) electrons. The van der Waals surface area contributed by atoms with E-state index in [0.717, 1.165) is 18.2 Å². The fourth-order valence-corrected chi connectivity index (χ4v) is 3.57. The second-order valence-electron chi connectivity index (χ2n) is 7.43. The number of fused-ring (bicyclic) bond motifs is 1. The first kappa shape index (κ1) is 21.2. The average Bonchev–Trinajstić information content (AvgIpc) is 3.27. The van der Waals surface area contributed by atoms with Crippen molar-refractivity contribution in [2.24, 2.45) is 0 Å². The van der Waals surface area contributed by atoms with Crippen molar-refractivity contribution in [3.05, 3.63) is 53.1 Å². The molecule has 0 aromatic heterocycles. The van der Waals surface area contributed by atoms with Gasteiger partial charge < -0.3 is 20.1 Å². The lowest BCUT2D eigenvalue weighted by molar-refractivity contribution is -0.133. The fourth-order valence-electron chi connectivity index (χ4n) is 3.57. The van der Waals surface area contributed by atoms with Crippen LogP contribution in [0.25, 0.3) is 0 Å². The van der Waals surface area contributed by atoms with Gasteiger partial charge in [0, 0.05) is 17.2 Å². The summed E-state index contributed by atoms with van der Waals surface area (Å²) in [5.41, 5.74) is -2.01. The van der Waals surface area contributed by atoms with Crippen molar-refractivity contribution in [2.45, 2.75) is 19.4 Å². The number of carbonyl (C=O) groups excluding carboxylic acids is 4. The highest BCUT2D eigenvalue weighted by Gasteiger charge is 2.50. The van der Waals surface area contributed by atoms with E-state index in [2.05, 4.69) is 10.6 Å². The molecule has 0 saturated carbocycles. The molecule has 1 fully saturated rings. The number of nitrogens with one attached hydrogen (secondary N) is 2. The topological polar surface area (TPSA) is 114 Å². The summed E-state index contributed by atoms with van der Waals surface area (Å²) in [5, 5.41) is 4.78. The molecule has 2 N–H and O–H groups in total. The van der Waals surface area contributed by atoms with Crippen LogP contribution in [0.3, 0.4) is 0 Å². The Morgan fingerprint density at radius 2 is 1.84 bits per heavy atom. The van der Waals surface area contributed by atoms with E-state index in [4.69, 9.17) is 9.47 Å². The normalized spacial score (nSPS) is 19.2. The van der Waals surface area contributed by atoms with E-state index in [0.29, 0.717) is 16.4 Å². The van der Waals surface area contributed by atoms with Crippen LogP contribution >= 0.6 is 0 Å². The number of nitrogens with zero attached hydrogens (tertiary/aromatic N) is 1. The van der Waals surface area contributed by atoms with Crippen molar-refractivity contribution in [1.29, 1.82) is 0 Å². The molecule has 2 heterocycles. The first-order valence-corrected chi connectivity index (χ1v) is 9.44. The molecule has 1 atom stereocenters. The van der Waals surface area contributed by atoms with E-state index in [1.807, 2.05) is 0 Å². The van der Waals surface area contributed by atoms with Crippen molar-refractivity contribution in [3.8, 4) is 11.5 Å². The molecule has 2 aromatic rings. The molecule has 0 bridgehead atoms. The van der Waals surface area contributed by atoms with Crippen molar-refractivity contribution in [3.63, 3.8) is 0 Å². The number of hydrogen-bond acceptors (Lipinski definition) is 6. The third-order valence-electron chi connectivity index (χ3n) is 5.21. The third-order valence-corrected chi connectivity index (χ3v) is 5.21. The van der Waals surface area contributed by atoms with Gasteiger partial charge in [0.25, 0.3) is 5.91 Å². The van der Waals surface area contributed by atoms with Gasteiger partial charge in [0.2, 0.25) is 12.7 Å². The quantitative estimate of drug-likeness (QED) is 0.539. The van der Waals surface area contributed by atoms with Crippen LogP contribution in [0.1, 0.15) is 29.8 Å². The van der Waals surface area contributed by atoms with Crippen LogP contribution in [0.4, 0.5) is 19.3 Å². The second-order valence-corrected chi connectivity index (χ2v) is 7.43. The molecule has 0 aliphatic carbocycles. The van der Waals surface area contributed by atoms with Crippen LogP contribution in [-0.4, -0.2) is 41.9 Å². The molecule has 4 amide bonds. The van der Waals surface area contributed by atoms with Crippen molar-refractivity contribution in [2.75, 3.05) is 18.7 Å². The molecular formula is C21H17F2N3O6. The Labute approximate surface area is 180 Å². The molecule has 32 heavy (non-hydrogen) atoms. The zero-order valence-corrected chi connectivity index (χ0v) is 17.0. The first-order chi connectivity index (χ1) is 15.1. The van der Waals surface area contributed by atoms with Gasteiger partial charge in [0.15, 0.2) is 17.3 Å². The van der Waals surface area contributed by atoms with E-state index in [9.17, 15) is 28.0 Å². The second kappa shape index (κ2) is 7.59. The third kappa shape index (κ3) is 3.51. The SMILES string of the molecule is CC(=O)c1cc2c(cc1NC(=O)CN1C(=O)N[C@](C)(c3cc(F)ccc3F)C1=O)OCO2. The van der Waals surface area contributed by atoms with E-state index in [1.54, 1.807) is 0 Å². The molecule has 9 nitrogen and oxygen atoms in total. The number of carbonyl (C=O) groups is 4. The molecule has 11 heteroatoms. The number of ketones is 1. The number of amides is 4. The van der Waals surface area contributed by atoms with Gasteiger partial charge in [0.1, 0.15) is 23.7 Å². The van der Waals surface area contributed by atoms with Crippen LogP contribution in [-0.2, 0) is 15.1 Å². The lowest BCUT2D eigenvalue weighted by Crippen LogP contribution is -2.42. The maximum Gasteiger partial charge on any atom is 0.325 e. The van der Waals surface area contributed by atoms with E-state index >= 15 is 0 Å². The molecule has 0 unspecified atom stereocenters. The van der Waals surface area contributed by atoms with Gasteiger partial charge in [-0.2, -0.15) is 0 Å². The van der Waals surface area contributed by atoms with E-state index < -0.39 is 41.6 Å². The highest BCUT2D eigenvalue weighted by Crippen LogP contribution is 2.37. The van der Waals surface area contributed by atoms with E-state index in [1.165, 1.54) is 26.0 Å². The molecule has 0 spiro atoms. The summed E-state index contributed by atoms with van der Waals surface area (Å²) in [6, 6.07) is 4.39. The number of hydrogen-bond donors (Lipinski definition) is 2. The summed E-state index contributed by atoms with van der Waals surface area (Å²) in [5.74, 6) is -3.11. The number of benzene rings is 2. The maximum absolute atomic E-state index is 14.3. The predicted molar refractivity (Wildman–Crippen MR) is 105 cm³/mol. The minimum absolute atomic E-state index is 0.0399. The van der Waals surface area contributed by atoms with Crippen molar-refractivity contribution < 1.29 is 37.4 Å². The van der Waals surface area contributed by atoms with Gasteiger partial charge in [0.05, 0.1) is 5.69 Å². The van der Waals surface area contributed by atoms with Gasteiger partial charge >= 0.3 is 6.03 Å². The zero-order chi connectivity index (χ0) is 23.2. The molecule has 2 aromatic carbocycles. The Morgan fingerprint density at radius 1 is 1.16 bits per heavy atom. The number of imide groups is 1. The van der Waals surface area contributed by atoms with E-state index in [-0.39, 0.29) is 29.4 Å². The van der Waals surface area contributed by atoms with Crippen LogP contribution in [0, 0.1) is 11.6 Å². The minimum atomic E-state index is -1.90. The number of urea groups is 1. The maximum atomic E-state index is 14.3. The van der Waals surface area contributed by atoms with Crippen LogP contribution in [0.5, 0.6) is 11.5 Å². The highest BCUT2D eigenvalue weighted by molar-refractivity contribution is 6.11. The van der Waals surface area contributed by atoms with Crippen molar-refractivity contribution in [1.82, 2.24) is 10.2 Å². The van der Waals surface area contributed by atoms with Crippen molar-refractivity contribution >= 4 is 29.3 Å². The Bertz CT molecular complexity index is 1180. The molecule has 4 rings (SSSR count). The Morgan fingerprint density at radius 3 is 2.53 bits per heavy atom. The van der Waals surface area contributed by atoms with Crippen LogP contribution in [0.2, 0.25) is 0 Å². The Kier molecular flexibility index (Phi) is 5.03. The summed E-state index contributed by atoms with van der Waals surface area (Å²) >= 11 is 0. The number of rotatable bonds is 5. The van der Waals surface area contributed by atoms with Gasteiger partial charge in [-0.15, -0.1) is 0 Å². The largest absolute Gasteiger partial charge is 0.454 e. The lowest BCUT2D eigenvalue weighted by atomic mass is 9.91. The monoisotopic (exact) mass is 445 g/mol. The molecular weight excluding hydrogens is 428 g/mol. The molecule has 166 valence electrons. The average molecular weight is 445 g/mol. The zero-order valence-electron chi connectivity index (χ0n) is 17.0. The first-order valence-electron chi connectivity index (χ1n) is 9.44. The summed E-state index contributed by atoms with van der Waals surface area (Å²) in [4.78, 5) is 50.4. The summed E-state index contributed by atoms with van der Waals surface area (Å²) < 4.78 is 38.3. The lowest BCUT2D eigenvalue weighted by Gasteiger charge is -2.22. The molecule has 2 aliphatic rings. The predicted octanol–water partition coefficient (Wildman–Crippen LogP) is 2.30. The van der Waals surface area contributed by atoms with Crippen LogP contribution in [0.15, 0.2) is 30.3 Å². The Balaban J connectivity index is 1.56. The fraction of sp³-hybridized carbons (Fsp3) is 0.238. The smallest absolute Gasteiger partial charge is 0.325 e. The number of ether oxygens (including phenoxy) is 2. The molecule has 2 aliphatic heterocycles. The Hall–Kier alpha value is -4.02. The van der Waals surface area contributed by atoms with Crippen LogP contribution < -0.4 is 20.1 Å². The number of halogens is 2. The summed E-state index contributed by atoms with van der Waals surface area (Å²) in [6.45, 7) is 1.75. The van der Waals surface area contributed by atoms with Gasteiger partial charge in [-0.25, -0.2) is 13.6 Å². The number of anilines is 1. The summed E-state index contributed by atoms with van der Waals surface area (Å²) in [6.07, 6.45) is 0. The minimum Gasteiger partial charge on any atom is -0.454 e. The summed E-state index contributed by atoms with van der Waals surface area (Å²) in [7, 11) is 0. The number of Topliss-reactive ketones (excluding diaryl/α,β-unsaturated/α-hetero) is 1. The highest BCUT2D eigenvalue weighted by atomic mass is 19.1.